The van der Waals surface area contributed by atoms with E-state index in [0.717, 1.165) is 79.6 Å². The maximum absolute atomic E-state index is 15.0. The number of rotatable bonds is 25. The minimum absolute atomic E-state index is 0.0263. The predicted molar refractivity (Wildman–Crippen MR) is 277 cm³/mol. The Bertz CT molecular complexity index is 2990. The number of aliphatic hydroxyl groups is 1. The number of carbonyl (C=O) groups is 1. The van der Waals surface area contributed by atoms with E-state index in [-0.39, 0.29) is 34.0 Å². The Hall–Kier alpha value is -6.30. The molecule has 0 unspecified atom stereocenters. The second-order valence-corrected chi connectivity index (χ2v) is 19.1. The Balaban J connectivity index is 0.000000250. The summed E-state index contributed by atoms with van der Waals surface area (Å²) >= 11 is 5.66. The molecule has 6 aromatic rings. The number of anilines is 1. The second kappa shape index (κ2) is 30.0. The maximum atomic E-state index is 15.0. The lowest BCUT2D eigenvalue weighted by Crippen LogP contribution is -2.45. The van der Waals surface area contributed by atoms with Gasteiger partial charge in [0.25, 0.3) is 11.4 Å². The van der Waals surface area contributed by atoms with Crippen LogP contribution in [0.25, 0.3) is 33.9 Å². The van der Waals surface area contributed by atoms with Crippen molar-refractivity contribution in [2.45, 2.75) is 70.0 Å². The molecule has 4 aromatic heterocycles. The van der Waals surface area contributed by atoms with Gasteiger partial charge >= 0.3 is 19.0 Å². The van der Waals surface area contributed by atoms with Gasteiger partial charge in [0.05, 0.1) is 63.1 Å². The molecule has 2 aliphatic heterocycles. The molecule has 0 saturated carbocycles. The van der Waals surface area contributed by atoms with Crippen molar-refractivity contribution in [3.63, 3.8) is 0 Å². The van der Waals surface area contributed by atoms with Crippen molar-refractivity contribution in [2.75, 3.05) is 91.4 Å². The highest BCUT2D eigenvalue weighted by Gasteiger charge is 2.43. The van der Waals surface area contributed by atoms with Gasteiger partial charge in [-0.1, -0.05) is 12.8 Å². The number of unbranched alkanes of at least 4 members (excludes halogenated alkanes) is 3. The molecule has 432 valence electrons. The van der Waals surface area contributed by atoms with Gasteiger partial charge in [0.15, 0.2) is 24.6 Å². The molecule has 23 heteroatoms. The fraction of sp³-hybridized carbons (Fsp3) is 0.421. The number of aliphatic hydroxyl groups excluding tert-OH is 1. The van der Waals surface area contributed by atoms with Crippen molar-refractivity contribution in [3.05, 3.63) is 149 Å². The Labute approximate surface area is 462 Å². The molecule has 0 spiro atoms. The van der Waals surface area contributed by atoms with Crippen molar-refractivity contribution < 1.29 is 86.5 Å². The lowest BCUT2D eigenvalue weighted by atomic mass is 9.92. The first-order valence-electron chi connectivity index (χ1n) is 25.8. The first kappa shape index (κ1) is 62.9. The number of halogens is 11. The number of pyridine rings is 4. The molecule has 6 heterocycles. The van der Waals surface area contributed by atoms with Gasteiger partial charge in [-0.25, -0.2) is 17.6 Å². The van der Waals surface area contributed by atoms with Gasteiger partial charge in [-0.05, 0) is 60.7 Å². The Morgan fingerprint density at radius 3 is 1.90 bits per heavy atom. The van der Waals surface area contributed by atoms with Gasteiger partial charge in [-0.15, -0.1) is 20.7 Å². The molecule has 2 aliphatic rings. The van der Waals surface area contributed by atoms with E-state index in [4.69, 9.17) is 35.7 Å². The minimum Gasteiger partial charge on any atom is -0.400 e. The largest absolute Gasteiger partial charge is 0.422 e. The number of hydrogen-bond acceptors (Lipinski definition) is 8. The third kappa shape index (κ3) is 17.4. The zero-order chi connectivity index (χ0) is 58.0. The number of carbonyl (C=O) groups excluding carboxylic acids is 1. The highest BCUT2D eigenvalue weighted by Crippen LogP contribution is 2.41. The van der Waals surface area contributed by atoms with Gasteiger partial charge in [0.2, 0.25) is 11.6 Å². The molecular weight excluding hydrogens is 1090 g/mol. The molecule has 80 heavy (non-hydrogen) atoms. The molecule has 0 saturated heterocycles. The van der Waals surface area contributed by atoms with Crippen LogP contribution >= 0.6 is 11.6 Å². The minimum atomic E-state index is -4.79. The summed E-state index contributed by atoms with van der Waals surface area (Å²) in [5.74, 6) is -3.56. The summed E-state index contributed by atoms with van der Waals surface area (Å²) in [7, 11) is 5.10. The number of amides is 1. The van der Waals surface area contributed by atoms with Crippen LogP contribution in [0.4, 0.5) is 49.6 Å². The Morgan fingerprint density at radius 2 is 1.27 bits per heavy atom. The maximum Gasteiger partial charge on any atom is 0.422 e. The molecule has 0 bridgehead atoms. The van der Waals surface area contributed by atoms with Crippen molar-refractivity contribution in [1.29, 1.82) is 0 Å². The number of hydrogen-bond donors (Lipinski definition) is 2. The lowest BCUT2D eigenvalue weighted by molar-refractivity contribution is -0.877. The van der Waals surface area contributed by atoms with Crippen LogP contribution < -0.4 is 23.9 Å². The number of fused-ring (bicyclic) bond motifs is 6. The summed E-state index contributed by atoms with van der Waals surface area (Å²) < 4.78 is 165. The number of nitrogens with zero attached hydrogens (tertiary/aromatic N) is 5. The van der Waals surface area contributed by atoms with E-state index in [9.17, 15) is 48.7 Å². The average molecular weight is 1150 g/mol. The van der Waals surface area contributed by atoms with E-state index in [1.54, 1.807) is 0 Å². The topological polar surface area (TPSA) is 114 Å². The standard InChI is InChI=1S/C30H46ClN4O5.C26H13F10N2.CH4O/c1-33(2)27-10-14-35-25-34-13-9-26(23-28(34)29(35)24-27)7-8-30(36)32-12-16-38-18-20-40-22-21-39-19-17-37-15-6-4-3-5-11-31;27-15-5-12(23(18(29)8-15)20-3-1-13(10-37-20)25(31,32)33)6-22-17-7-16(28)9-19(30)24(17)21-4-2-14(11-38(21)22)26(34,35)36;1-2/h9-10,13-14,23-24H,3-8,11-12,15-22,25H2,1-2H3;1-5,7-11,22H,6H2;2H,1H3/q2*+1;/p+1/t;22-;/m.0./s1. The Morgan fingerprint density at radius 1 is 0.688 bits per heavy atom. The van der Waals surface area contributed by atoms with E-state index in [2.05, 4.69) is 61.0 Å². The van der Waals surface area contributed by atoms with Crippen LogP contribution in [0.5, 0.6) is 0 Å². The second-order valence-electron chi connectivity index (χ2n) is 18.7. The summed E-state index contributed by atoms with van der Waals surface area (Å²) in [5.41, 5.74) is 1.30. The van der Waals surface area contributed by atoms with E-state index in [0.29, 0.717) is 96.2 Å². The zero-order valence-electron chi connectivity index (χ0n) is 44.4. The quantitative estimate of drug-likeness (QED) is 0.0252. The van der Waals surface area contributed by atoms with Crippen molar-refractivity contribution >= 4 is 23.2 Å². The van der Waals surface area contributed by atoms with E-state index in [1.807, 2.05) is 14.1 Å². The van der Waals surface area contributed by atoms with Gasteiger partial charge in [-0.2, -0.15) is 30.9 Å². The molecule has 1 atom stereocenters. The first-order valence-corrected chi connectivity index (χ1v) is 26.3. The van der Waals surface area contributed by atoms with Crippen LogP contribution in [0.3, 0.4) is 0 Å². The predicted octanol–water partition coefficient (Wildman–Crippen LogP) is 9.78. The van der Waals surface area contributed by atoms with Crippen molar-refractivity contribution in [3.8, 4) is 33.9 Å². The van der Waals surface area contributed by atoms with Crippen LogP contribution in [0.2, 0.25) is 0 Å². The number of nitrogens with one attached hydrogen (secondary N) is 1. The molecule has 0 aliphatic carbocycles. The number of benzene rings is 2. The molecule has 8 rings (SSSR count). The monoisotopic (exact) mass is 1150 g/mol. The summed E-state index contributed by atoms with van der Waals surface area (Å²) in [6.45, 7) is 5.80. The zero-order valence-corrected chi connectivity index (χ0v) is 45.2. The molecule has 1 amide bonds. The number of aromatic nitrogens is 4. The lowest BCUT2D eigenvalue weighted by Gasteiger charge is -2.15. The highest BCUT2D eigenvalue weighted by molar-refractivity contribution is 6.17. The van der Waals surface area contributed by atoms with Gasteiger partial charge in [-0.3, -0.25) is 9.78 Å². The van der Waals surface area contributed by atoms with E-state index in [1.165, 1.54) is 29.9 Å². The molecular formula is C57H64ClF10N6O6+3. The smallest absolute Gasteiger partial charge is 0.400 e. The van der Waals surface area contributed by atoms with Crippen LogP contribution in [0.15, 0.2) is 97.6 Å². The van der Waals surface area contributed by atoms with Crippen LogP contribution in [0, 0.1) is 23.3 Å². The van der Waals surface area contributed by atoms with Crippen LogP contribution in [-0.4, -0.2) is 102 Å². The summed E-state index contributed by atoms with van der Waals surface area (Å²) in [6.07, 6.45) is 1.02. The highest BCUT2D eigenvalue weighted by atomic mass is 35.5. The van der Waals surface area contributed by atoms with Crippen molar-refractivity contribution in [1.82, 2.24) is 10.3 Å². The van der Waals surface area contributed by atoms with Crippen molar-refractivity contribution in [2.24, 2.45) is 0 Å². The normalized spacial score (nSPS) is 13.1. The molecule has 2 N–H and O–H groups in total. The summed E-state index contributed by atoms with van der Waals surface area (Å²) in [5, 5.41) is 9.94. The Kier molecular flexibility index (Phi) is 23.5. The summed E-state index contributed by atoms with van der Waals surface area (Å²) in [6, 6.07) is 13.4. The molecule has 12 nitrogen and oxygen atoms in total. The summed E-state index contributed by atoms with van der Waals surface area (Å²) in [4.78, 5) is 18.1. The van der Waals surface area contributed by atoms with Crippen LogP contribution in [0.1, 0.15) is 66.0 Å². The van der Waals surface area contributed by atoms with Crippen LogP contribution in [-0.2, 0) is 55.6 Å². The number of ether oxygens (including phenoxy) is 4. The van der Waals surface area contributed by atoms with E-state index < -0.39 is 64.8 Å². The fourth-order valence-corrected chi connectivity index (χ4v) is 9.22. The molecule has 0 radical (unpaired) electrons. The number of aryl methyl sites for hydroxylation is 1. The SMILES string of the molecule is CN(C)c1cc[n+]2c(c1)-c1cc(CCC(=O)NCCOCCOCCOCCOCCCCCCCl)cc[n+]1C2.CO.Fc1cc(F)c(-c2ccc(C(F)(F)F)cn2)c(C[C@H]2c3cc(F)cc(F)c3-c3ccc(C(F)(F)F)c[n+]32)c1. The van der Waals surface area contributed by atoms with E-state index >= 15 is 0 Å². The van der Waals surface area contributed by atoms with Gasteiger partial charge < -0.3 is 34.3 Å². The van der Waals surface area contributed by atoms with Gasteiger partial charge in [0, 0.05) is 119 Å². The third-order valence-corrected chi connectivity index (χ3v) is 13.2. The molecule has 2 aromatic carbocycles. The average Bonchev–Trinajstić information content (AvgIpc) is 4.19. The third-order valence-electron chi connectivity index (χ3n) is 12.9. The molecule has 0 fully saturated rings. The van der Waals surface area contributed by atoms with Gasteiger partial charge in [0.1, 0.15) is 28.8 Å². The number of alkyl halides is 7. The first-order chi connectivity index (χ1) is 38.3. The fourth-order valence-electron chi connectivity index (χ4n) is 9.03.